The minimum absolute atomic E-state index is 0.00467. The van der Waals surface area contributed by atoms with Crippen molar-refractivity contribution in [3.8, 4) is 11.5 Å². The van der Waals surface area contributed by atoms with Crippen molar-refractivity contribution in [1.82, 2.24) is 19.8 Å². The third-order valence-corrected chi connectivity index (χ3v) is 7.82. The number of aromatic nitrogens is 2. The van der Waals surface area contributed by atoms with Crippen LogP contribution in [0.15, 0.2) is 36.7 Å². The second-order valence-electron chi connectivity index (χ2n) is 10.2. The topological polar surface area (TPSA) is 79.8 Å². The molecular formula is C28H33ClFN5O3. The Hall–Kier alpha value is -3.17. The standard InChI is InChI=1S/C28H33ClFN5O3/c1-34(2)28(36)24-5-4-12-35(24)18-7-9-19(10-8-18)38-26-14-20-23(15-25(26)37-3)31-16-32-27(20)33-17-6-11-22(30)21(29)13-17/h6,11,13-16,18-19,24H,4-5,7-10,12H2,1-3H3,(H,31,32,33)/t18-,19+,24-/m0/s1. The molecule has 10 heteroatoms. The highest BCUT2D eigenvalue weighted by Gasteiger charge is 2.38. The van der Waals surface area contributed by atoms with Crippen molar-refractivity contribution in [3.63, 3.8) is 0 Å². The van der Waals surface area contributed by atoms with E-state index in [2.05, 4.69) is 20.2 Å². The number of nitrogens with zero attached hydrogens (tertiary/aromatic N) is 4. The molecule has 0 spiro atoms. The molecule has 38 heavy (non-hydrogen) atoms. The number of amides is 1. The van der Waals surface area contributed by atoms with Crippen LogP contribution in [0.1, 0.15) is 38.5 Å². The maximum absolute atomic E-state index is 13.6. The van der Waals surface area contributed by atoms with Crippen molar-refractivity contribution >= 4 is 39.9 Å². The molecule has 3 aromatic rings. The fourth-order valence-corrected chi connectivity index (χ4v) is 5.77. The van der Waals surface area contributed by atoms with Crippen molar-refractivity contribution in [2.45, 2.75) is 56.7 Å². The summed E-state index contributed by atoms with van der Waals surface area (Å²) in [6.07, 6.45) is 7.27. The van der Waals surface area contributed by atoms with Crippen LogP contribution in [0.2, 0.25) is 5.02 Å². The molecule has 0 radical (unpaired) electrons. The quantitative estimate of drug-likeness (QED) is 0.428. The van der Waals surface area contributed by atoms with E-state index in [9.17, 15) is 9.18 Å². The number of likely N-dealkylation sites (N-methyl/N-ethyl adjacent to an activating group) is 1. The fourth-order valence-electron chi connectivity index (χ4n) is 5.59. The van der Waals surface area contributed by atoms with Crippen LogP contribution in [-0.2, 0) is 4.79 Å². The monoisotopic (exact) mass is 541 g/mol. The first-order chi connectivity index (χ1) is 18.3. The summed E-state index contributed by atoms with van der Waals surface area (Å²) in [5.74, 6) is 1.51. The Morgan fingerprint density at radius 3 is 2.61 bits per heavy atom. The number of nitrogens with one attached hydrogen (secondary N) is 1. The highest BCUT2D eigenvalue weighted by Crippen LogP contribution is 2.38. The van der Waals surface area contributed by atoms with E-state index in [1.807, 2.05) is 26.2 Å². The molecule has 5 rings (SSSR count). The van der Waals surface area contributed by atoms with Gasteiger partial charge in [-0.15, -0.1) is 0 Å². The lowest BCUT2D eigenvalue weighted by Crippen LogP contribution is -2.49. The summed E-state index contributed by atoms with van der Waals surface area (Å²) in [6.45, 7) is 0.980. The largest absolute Gasteiger partial charge is 0.493 e. The van der Waals surface area contributed by atoms with Crippen molar-refractivity contribution in [1.29, 1.82) is 0 Å². The molecular weight excluding hydrogens is 509 g/mol. The van der Waals surface area contributed by atoms with E-state index >= 15 is 0 Å². The van der Waals surface area contributed by atoms with Gasteiger partial charge in [-0.2, -0.15) is 0 Å². The van der Waals surface area contributed by atoms with Gasteiger partial charge in [0.15, 0.2) is 11.5 Å². The van der Waals surface area contributed by atoms with Crippen molar-refractivity contribution < 1.29 is 18.7 Å². The second kappa shape index (κ2) is 11.3. The highest BCUT2D eigenvalue weighted by molar-refractivity contribution is 6.31. The van der Waals surface area contributed by atoms with Crippen molar-refractivity contribution in [2.24, 2.45) is 0 Å². The summed E-state index contributed by atoms with van der Waals surface area (Å²) in [5, 5.41) is 3.98. The Morgan fingerprint density at radius 2 is 1.89 bits per heavy atom. The van der Waals surface area contributed by atoms with Crippen LogP contribution < -0.4 is 14.8 Å². The van der Waals surface area contributed by atoms with Crippen LogP contribution >= 0.6 is 11.6 Å². The number of methoxy groups -OCH3 is 1. The molecule has 2 fully saturated rings. The van der Waals surface area contributed by atoms with Crippen LogP contribution in [0.3, 0.4) is 0 Å². The number of halogens is 2. The number of rotatable bonds is 7. The number of hydrogen-bond acceptors (Lipinski definition) is 7. The molecule has 2 aromatic carbocycles. The average molecular weight is 542 g/mol. The predicted molar refractivity (Wildman–Crippen MR) is 146 cm³/mol. The van der Waals surface area contributed by atoms with Crippen LogP contribution in [0.4, 0.5) is 15.9 Å². The lowest BCUT2D eigenvalue weighted by Gasteiger charge is -2.38. The summed E-state index contributed by atoms with van der Waals surface area (Å²) < 4.78 is 25.7. The van der Waals surface area contributed by atoms with Gasteiger partial charge in [-0.25, -0.2) is 14.4 Å². The second-order valence-corrected chi connectivity index (χ2v) is 10.6. The Morgan fingerprint density at radius 1 is 1.11 bits per heavy atom. The van der Waals surface area contributed by atoms with Gasteiger partial charge in [0.2, 0.25) is 5.91 Å². The van der Waals surface area contributed by atoms with Gasteiger partial charge in [-0.3, -0.25) is 9.69 Å². The van der Waals surface area contributed by atoms with E-state index in [1.54, 1.807) is 18.1 Å². The normalized spacial score (nSPS) is 21.9. The summed E-state index contributed by atoms with van der Waals surface area (Å²) in [5.41, 5.74) is 1.30. The van der Waals surface area contributed by atoms with E-state index < -0.39 is 5.82 Å². The molecule has 1 atom stereocenters. The molecule has 1 aliphatic carbocycles. The molecule has 0 unspecified atom stereocenters. The van der Waals surface area contributed by atoms with E-state index in [1.165, 1.54) is 18.5 Å². The zero-order valence-corrected chi connectivity index (χ0v) is 22.7. The van der Waals surface area contributed by atoms with Crippen LogP contribution in [0, 0.1) is 5.82 Å². The Bertz CT molecular complexity index is 1320. The van der Waals surface area contributed by atoms with Crippen LogP contribution in [-0.4, -0.2) is 71.6 Å². The zero-order valence-electron chi connectivity index (χ0n) is 21.9. The van der Waals surface area contributed by atoms with Gasteiger partial charge in [0, 0.05) is 37.3 Å². The third kappa shape index (κ3) is 5.49. The van der Waals surface area contributed by atoms with E-state index in [0.29, 0.717) is 34.6 Å². The van der Waals surface area contributed by atoms with Gasteiger partial charge in [-0.05, 0) is 69.3 Å². The molecule has 0 bridgehead atoms. The summed E-state index contributed by atoms with van der Waals surface area (Å²) >= 11 is 5.95. The van der Waals surface area contributed by atoms with Crippen LogP contribution in [0.5, 0.6) is 11.5 Å². The third-order valence-electron chi connectivity index (χ3n) is 7.53. The first-order valence-corrected chi connectivity index (χ1v) is 13.4. The number of fused-ring (bicyclic) bond motifs is 1. The first kappa shape index (κ1) is 26.4. The van der Waals surface area contributed by atoms with E-state index in [4.69, 9.17) is 21.1 Å². The predicted octanol–water partition coefficient (Wildman–Crippen LogP) is 5.42. The Balaban J connectivity index is 1.31. The van der Waals surface area contributed by atoms with Gasteiger partial charge in [-0.1, -0.05) is 11.6 Å². The molecule has 2 aliphatic rings. The van der Waals surface area contributed by atoms with Gasteiger partial charge in [0.25, 0.3) is 0 Å². The minimum atomic E-state index is -0.482. The number of benzene rings is 2. The molecule has 1 N–H and O–H groups in total. The van der Waals surface area contributed by atoms with E-state index in [-0.39, 0.29) is 23.1 Å². The molecule has 1 saturated carbocycles. The summed E-state index contributed by atoms with van der Waals surface area (Å²) in [6, 6.07) is 8.55. The maximum atomic E-state index is 13.6. The fraction of sp³-hybridized carbons (Fsp3) is 0.464. The van der Waals surface area contributed by atoms with Gasteiger partial charge >= 0.3 is 0 Å². The molecule has 1 amide bonds. The molecule has 2 heterocycles. The first-order valence-electron chi connectivity index (χ1n) is 13.0. The smallest absolute Gasteiger partial charge is 0.239 e. The number of carbonyl (C=O) groups excluding carboxylic acids is 1. The van der Waals surface area contributed by atoms with Crippen LogP contribution in [0.25, 0.3) is 10.9 Å². The average Bonchev–Trinajstić information content (AvgIpc) is 3.40. The van der Waals surface area contributed by atoms with Crippen molar-refractivity contribution in [3.05, 3.63) is 47.5 Å². The molecule has 1 aromatic heterocycles. The van der Waals surface area contributed by atoms with E-state index in [0.717, 1.165) is 50.5 Å². The number of hydrogen-bond donors (Lipinski definition) is 1. The molecule has 1 aliphatic heterocycles. The minimum Gasteiger partial charge on any atom is -0.493 e. The lowest BCUT2D eigenvalue weighted by molar-refractivity contribution is -0.134. The van der Waals surface area contributed by atoms with Gasteiger partial charge < -0.3 is 19.7 Å². The van der Waals surface area contributed by atoms with Crippen molar-refractivity contribution in [2.75, 3.05) is 33.1 Å². The lowest BCUT2D eigenvalue weighted by atomic mass is 9.91. The molecule has 1 saturated heterocycles. The summed E-state index contributed by atoms with van der Waals surface area (Å²) in [4.78, 5) is 25.6. The number of ether oxygens (including phenoxy) is 2. The number of likely N-dealkylation sites (tertiary alicyclic amines) is 1. The Labute approximate surface area is 227 Å². The van der Waals surface area contributed by atoms with Gasteiger partial charge in [0.1, 0.15) is 18.0 Å². The van der Waals surface area contributed by atoms with Gasteiger partial charge in [0.05, 0.1) is 29.8 Å². The molecule has 202 valence electrons. The summed E-state index contributed by atoms with van der Waals surface area (Å²) in [7, 11) is 5.28. The number of carbonyl (C=O) groups is 1. The number of anilines is 2. The Kier molecular flexibility index (Phi) is 7.85. The zero-order chi connectivity index (χ0) is 26.8. The maximum Gasteiger partial charge on any atom is 0.239 e. The SMILES string of the molecule is COc1cc2ncnc(Nc3ccc(F)c(Cl)c3)c2cc1O[C@H]1CC[C@@H](N2CCC[C@H]2C(=O)N(C)C)CC1. The highest BCUT2D eigenvalue weighted by atomic mass is 35.5. The molecule has 8 nitrogen and oxygen atoms in total.